The highest BCUT2D eigenvalue weighted by atomic mass is 32.2. The number of thiophene rings is 1. The van der Waals surface area contributed by atoms with E-state index in [1.54, 1.807) is 17.5 Å². The highest BCUT2D eigenvalue weighted by Crippen LogP contribution is 2.38. The van der Waals surface area contributed by atoms with Gasteiger partial charge in [0.15, 0.2) is 0 Å². The molecule has 1 aromatic heterocycles. The number of nitrogens with zero attached hydrogens (tertiary/aromatic N) is 1. The molecule has 4 rings (SSSR count). The summed E-state index contributed by atoms with van der Waals surface area (Å²) in [5, 5.41) is 4.67. The molecule has 0 atom stereocenters. The van der Waals surface area contributed by atoms with Gasteiger partial charge in [-0.2, -0.15) is 0 Å². The van der Waals surface area contributed by atoms with E-state index in [-0.39, 0.29) is 9.77 Å². The maximum Gasteiger partial charge on any atom is 0.267 e. The number of rotatable bonds is 7. The Kier molecular flexibility index (Phi) is 6.86. The van der Waals surface area contributed by atoms with Crippen molar-refractivity contribution in [2.24, 2.45) is 0 Å². The zero-order valence-corrected chi connectivity index (χ0v) is 20.9. The molecule has 4 aromatic rings. The molecule has 1 amide bonds. The third-order valence-corrected chi connectivity index (χ3v) is 8.68. The lowest BCUT2D eigenvalue weighted by atomic mass is 10.1. The lowest BCUT2D eigenvalue weighted by Gasteiger charge is -2.21. The number of amides is 1. The number of hydrogen-bond acceptors (Lipinski definition) is 4. The molecule has 0 unspecified atom stereocenters. The Morgan fingerprint density at radius 1 is 0.941 bits per heavy atom. The number of hydrogen-bond donors (Lipinski definition) is 1. The number of nitrogens with one attached hydrogen (secondary N) is 1. The minimum absolute atomic E-state index is 0.0123. The van der Waals surface area contributed by atoms with Crippen molar-refractivity contribution in [3.05, 3.63) is 100 Å². The third kappa shape index (κ3) is 4.62. The first-order chi connectivity index (χ1) is 16.3. The number of benzene rings is 3. The maximum atomic E-state index is 13.9. The number of carbonyl (C=O) groups excluding carboxylic acids is 1. The maximum absolute atomic E-state index is 13.9. The van der Waals surface area contributed by atoms with Gasteiger partial charge in [-0.3, -0.25) is 9.10 Å². The Morgan fingerprint density at radius 2 is 1.59 bits per heavy atom. The summed E-state index contributed by atoms with van der Waals surface area (Å²) in [7, 11) is -2.53. The van der Waals surface area contributed by atoms with Crippen molar-refractivity contribution in [3.8, 4) is 11.1 Å². The second kappa shape index (κ2) is 9.83. The number of anilines is 2. The van der Waals surface area contributed by atoms with Gasteiger partial charge >= 0.3 is 0 Å². The molecule has 34 heavy (non-hydrogen) atoms. The van der Waals surface area contributed by atoms with Crippen molar-refractivity contribution in [2.45, 2.75) is 25.2 Å². The highest BCUT2D eigenvalue weighted by Gasteiger charge is 2.32. The van der Waals surface area contributed by atoms with Crippen molar-refractivity contribution in [1.29, 1.82) is 0 Å². The van der Waals surface area contributed by atoms with E-state index in [1.165, 1.54) is 11.4 Å². The Bertz CT molecular complexity index is 1410. The van der Waals surface area contributed by atoms with Crippen LogP contribution in [0.2, 0.25) is 0 Å². The number of para-hydroxylation sites is 1. The average Bonchev–Trinajstić information content (AvgIpc) is 3.31. The van der Waals surface area contributed by atoms with Crippen LogP contribution in [0.1, 0.15) is 27.7 Å². The van der Waals surface area contributed by atoms with Gasteiger partial charge in [-0.15, -0.1) is 11.3 Å². The first-order valence-corrected chi connectivity index (χ1v) is 13.3. The predicted molar refractivity (Wildman–Crippen MR) is 140 cm³/mol. The summed E-state index contributed by atoms with van der Waals surface area (Å²) in [4.78, 5) is 13.6. The van der Waals surface area contributed by atoms with Gasteiger partial charge in [-0.1, -0.05) is 73.2 Å². The summed E-state index contributed by atoms with van der Waals surface area (Å²) >= 11 is 1.14. The lowest BCUT2D eigenvalue weighted by Crippen LogP contribution is -2.28. The molecule has 7 heteroatoms. The molecule has 3 aromatic carbocycles. The molecule has 0 bridgehead atoms. The van der Waals surface area contributed by atoms with Gasteiger partial charge in [0.05, 0.1) is 5.69 Å². The molecule has 0 saturated carbocycles. The molecule has 0 radical (unpaired) electrons. The summed E-state index contributed by atoms with van der Waals surface area (Å²) in [5.41, 5.74) is 4.47. The van der Waals surface area contributed by atoms with E-state index >= 15 is 0 Å². The molecular formula is C27H26N2O3S2. The SMILES string of the molecule is CCc1ccccc1NC(=O)c1scc(-c2ccccc2)c1S(=O)(=O)N(C)c1ccc(C)cc1. The Balaban J connectivity index is 1.83. The molecule has 0 spiro atoms. The topological polar surface area (TPSA) is 66.5 Å². The van der Waals surface area contributed by atoms with Gasteiger partial charge in [0.1, 0.15) is 9.77 Å². The van der Waals surface area contributed by atoms with Crippen LogP contribution in [0.25, 0.3) is 11.1 Å². The first kappa shape index (κ1) is 23.7. The summed E-state index contributed by atoms with van der Waals surface area (Å²) < 4.78 is 29.1. The van der Waals surface area contributed by atoms with Gasteiger partial charge in [0.2, 0.25) is 0 Å². The molecule has 0 aliphatic carbocycles. The molecule has 1 heterocycles. The minimum atomic E-state index is -4.04. The van der Waals surface area contributed by atoms with E-state index in [0.717, 1.165) is 34.4 Å². The van der Waals surface area contributed by atoms with Crippen LogP contribution in [0, 0.1) is 6.92 Å². The largest absolute Gasteiger partial charge is 0.321 e. The predicted octanol–water partition coefficient (Wildman–Crippen LogP) is 6.36. The molecule has 5 nitrogen and oxygen atoms in total. The van der Waals surface area contributed by atoms with E-state index in [4.69, 9.17) is 0 Å². The monoisotopic (exact) mass is 490 g/mol. The van der Waals surface area contributed by atoms with Gasteiger partial charge in [0.25, 0.3) is 15.9 Å². The number of sulfonamides is 1. The summed E-state index contributed by atoms with van der Waals surface area (Å²) in [6, 6.07) is 24.1. The molecule has 1 N–H and O–H groups in total. The first-order valence-electron chi connectivity index (χ1n) is 10.9. The fourth-order valence-electron chi connectivity index (χ4n) is 3.74. The zero-order chi connectivity index (χ0) is 24.3. The van der Waals surface area contributed by atoms with Gasteiger partial charge in [-0.05, 0) is 42.7 Å². The smallest absolute Gasteiger partial charge is 0.267 e. The molecule has 174 valence electrons. The second-order valence-corrected chi connectivity index (χ2v) is 10.7. The van der Waals surface area contributed by atoms with E-state index in [1.807, 2.05) is 80.6 Å². The Hall–Kier alpha value is -3.42. The third-order valence-electron chi connectivity index (χ3n) is 5.70. The van der Waals surface area contributed by atoms with Gasteiger partial charge in [-0.25, -0.2) is 8.42 Å². The summed E-state index contributed by atoms with van der Waals surface area (Å²) in [6.45, 7) is 3.96. The quantitative estimate of drug-likeness (QED) is 0.328. The molecule has 0 saturated heterocycles. The Morgan fingerprint density at radius 3 is 2.26 bits per heavy atom. The molecule has 0 fully saturated rings. The van der Waals surface area contributed by atoms with Crippen LogP contribution in [0.5, 0.6) is 0 Å². The normalized spacial score (nSPS) is 11.3. The lowest BCUT2D eigenvalue weighted by molar-refractivity contribution is 0.102. The van der Waals surface area contributed by atoms with Crippen LogP contribution in [0.15, 0.2) is 89.1 Å². The van der Waals surface area contributed by atoms with Crippen LogP contribution < -0.4 is 9.62 Å². The van der Waals surface area contributed by atoms with Crippen molar-refractivity contribution in [2.75, 3.05) is 16.7 Å². The highest BCUT2D eigenvalue weighted by molar-refractivity contribution is 7.93. The van der Waals surface area contributed by atoms with E-state index < -0.39 is 15.9 Å². The Labute approximate surface area is 204 Å². The van der Waals surface area contributed by atoms with Crippen LogP contribution in [0.3, 0.4) is 0 Å². The fourth-order valence-corrected chi connectivity index (χ4v) is 6.59. The van der Waals surface area contributed by atoms with Crippen LogP contribution >= 0.6 is 11.3 Å². The number of aryl methyl sites for hydroxylation is 2. The van der Waals surface area contributed by atoms with Crippen molar-refractivity contribution < 1.29 is 13.2 Å². The molecule has 0 aliphatic heterocycles. The minimum Gasteiger partial charge on any atom is -0.321 e. The fraction of sp³-hybridized carbons (Fsp3) is 0.148. The van der Waals surface area contributed by atoms with Gasteiger partial charge in [0, 0.05) is 23.7 Å². The van der Waals surface area contributed by atoms with Gasteiger partial charge < -0.3 is 5.32 Å². The summed E-state index contributed by atoms with van der Waals surface area (Å²) in [6.07, 6.45) is 0.747. The molecule has 0 aliphatic rings. The van der Waals surface area contributed by atoms with Crippen molar-refractivity contribution in [3.63, 3.8) is 0 Å². The van der Waals surface area contributed by atoms with Crippen molar-refractivity contribution >= 4 is 38.6 Å². The molecular weight excluding hydrogens is 464 g/mol. The standard InChI is InChI=1S/C27H26N2O3S2/c1-4-20-10-8-9-13-24(20)28-27(30)25-26(23(18-33-25)21-11-6-5-7-12-21)34(31,32)29(3)22-16-14-19(2)15-17-22/h5-18H,4H2,1-3H3,(H,28,30). The zero-order valence-electron chi connectivity index (χ0n) is 19.3. The van der Waals surface area contributed by atoms with Crippen LogP contribution in [0.4, 0.5) is 11.4 Å². The van der Waals surface area contributed by atoms with E-state index in [2.05, 4.69) is 5.32 Å². The average molecular weight is 491 g/mol. The van der Waals surface area contributed by atoms with Crippen molar-refractivity contribution in [1.82, 2.24) is 0 Å². The summed E-state index contributed by atoms with van der Waals surface area (Å²) in [5.74, 6) is -0.441. The van der Waals surface area contributed by atoms with Crippen LogP contribution in [-0.4, -0.2) is 21.4 Å². The van der Waals surface area contributed by atoms with E-state index in [0.29, 0.717) is 16.9 Å². The van der Waals surface area contributed by atoms with E-state index in [9.17, 15) is 13.2 Å². The van der Waals surface area contributed by atoms with Crippen LogP contribution in [-0.2, 0) is 16.4 Å². The number of carbonyl (C=O) groups is 1. The second-order valence-electron chi connectivity index (χ2n) is 7.95.